The SMILES string of the molecule is CCCn1cc(-c2ccn[nH]c2=O)cn1. The van der Waals surface area contributed by atoms with Gasteiger partial charge in [-0.25, -0.2) is 5.10 Å². The molecule has 5 nitrogen and oxygen atoms in total. The van der Waals surface area contributed by atoms with E-state index in [-0.39, 0.29) is 5.56 Å². The minimum absolute atomic E-state index is 0.187. The van der Waals surface area contributed by atoms with Crippen LogP contribution in [0.4, 0.5) is 0 Å². The molecule has 2 aromatic heterocycles. The Morgan fingerprint density at radius 3 is 3.13 bits per heavy atom. The fraction of sp³-hybridized carbons (Fsp3) is 0.300. The molecule has 0 saturated carbocycles. The van der Waals surface area contributed by atoms with E-state index in [4.69, 9.17) is 0 Å². The first-order valence-electron chi connectivity index (χ1n) is 4.88. The lowest BCUT2D eigenvalue weighted by Crippen LogP contribution is -2.09. The van der Waals surface area contributed by atoms with E-state index in [0.717, 1.165) is 18.5 Å². The number of aromatic nitrogens is 4. The summed E-state index contributed by atoms with van der Waals surface area (Å²) in [6.07, 6.45) is 6.15. The highest BCUT2D eigenvalue weighted by atomic mass is 16.1. The summed E-state index contributed by atoms with van der Waals surface area (Å²) in [5.41, 5.74) is 1.24. The van der Waals surface area contributed by atoms with E-state index in [1.54, 1.807) is 18.5 Å². The van der Waals surface area contributed by atoms with Crippen molar-refractivity contribution in [3.05, 3.63) is 35.0 Å². The fourth-order valence-corrected chi connectivity index (χ4v) is 1.42. The zero-order chi connectivity index (χ0) is 10.7. The average molecular weight is 204 g/mol. The van der Waals surface area contributed by atoms with Crippen molar-refractivity contribution in [1.82, 2.24) is 20.0 Å². The van der Waals surface area contributed by atoms with E-state index in [2.05, 4.69) is 22.2 Å². The Morgan fingerprint density at radius 1 is 1.53 bits per heavy atom. The maximum absolute atomic E-state index is 11.4. The second-order valence-corrected chi connectivity index (χ2v) is 3.29. The number of nitrogens with zero attached hydrogens (tertiary/aromatic N) is 3. The molecule has 0 aromatic carbocycles. The Kier molecular flexibility index (Phi) is 2.62. The zero-order valence-electron chi connectivity index (χ0n) is 8.47. The maximum Gasteiger partial charge on any atom is 0.272 e. The van der Waals surface area contributed by atoms with E-state index in [1.165, 1.54) is 0 Å². The van der Waals surface area contributed by atoms with Gasteiger partial charge >= 0.3 is 0 Å². The number of H-pyrrole nitrogens is 1. The summed E-state index contributed by atoms with van der Waals surface area (Å²) in [5.74, 6) is 0. The molecule has 0 radical (unpaired) electrons. The van der Waals surface area contributed by atoms with Gasteiger partial charge in [0.15, 0.2) is 0 Å². The summed E-state index contributed by atoms with van der Waals surface area (Å²) < 4.78 is 1.83. The van der Waals surface area contributed by atoms with Crippen molar-refractivity contribution in [1.29, 1.82) is 0 Å². The lowest BCUT2D eigenvalue weighted by atomic mass is 10.2. The van der Waals surface area contributed by atoms with Crippen molar-refractivity contribution in [2.45, 2.75) is 19.9 Å². The van der Waals surface area contributed by atoms with Gasteiger partial charge in [0.1, 0.15) is 0 Å². The summed E-state index contributed by atoms with van der Waals surface area (Å²) in [4.78, 5) is 11.4. The first-order valence-corrected chi connectivity index (χ1v) is 4.88. The first kappa shape index (κ1) is 9.64. The molecule has 0 atom stereocenters. The molecule has 2 aromatic rings. The van der Waals surface area contributed by atoms with Crippen LogP contribution in [0.3, 0.4) is 0 Å². The smallest absolute Gasteiger partial charge is 0.272 e. The second-order valence-electron chi connectivity index (χ2n) is 3.29. The van der Waals surface area contributed by atoms with Crippen LogP contribution < -0.4 is 5.56 Å². The summed E-state index contributed by atoms with van der Waals surface area (Å²) in [6.45, 7) is 2.95. The summed E-state index contributed by atoms with van der Waals surface area (Å²) in [6, 6.07) is 1.69. The number of hydrogen-bond acceptors (Lipinski definition) is 3. The molecule has 0 amide bonds. The number of aryl methyl sites for hydroxylation is 1. The summed E-state index contributed by atoms with van der Waals surface area (Å²) in [7, 11) is 0. The molecule has 0 saturated heterocycles. The quantitative estimate of drug-likeness (QED) is 0.812. The third kappa shape index (κ3) is 1.96. The minimum atomic E-state index is -0.187. The van der Waals surface area contributed by atoms with Crippen LogP contribution in [0, 0.1) is 0 Å². The molecule has 0 fully saturated rings. The lowest BCUT2D eigenvalue weighted by molar-refractivity contribution is 0.603. The lowest BCUT2D eigenvalue weighted by Gasteiger charge is -1.95. The number of rotatable bonds is 3. The highest BCUT2D eigenvalue weighted by Gasteiger charge is 2.04. The predicted molar refractivity (Wildman–Crippen MR) is 56.4 cm³/mol. The van der Waals surface area contributed by atoms with Crippen molar-refractivity contribution < 1.29 is 0 Å². The topological polar surface area (TPSA) is 63.6 Å². The van der Waals surface area contributed by atoms with Gasteiger partial charge < -0.3 is 0 Å². The number of aromatic amines is 1. The molecule has 0 bridgehead atoms. The van der Waals surface area contributed by atoms with Crippen LogP contribution in [-0.2, 0) is 6.54 Å². The summed E-state index contributed by atoms with van der Waals surface area (Å²) in [5, 5.41) is 10.2. The second kappa shape index (κ2) is 4.08. The van der Waals surface area contributed by atoms with Crippen LogP contribution in [0.15, 0.2) is 29.5 Å². The van der Waals surface area contributed by atoms with Crippen LogP contribution in [0.5, 0.6) is 0 Å². The van der Waals surface area contributed by atoms with Crippen LogP contribution in [0.25, 0.3) is 11.1 Å². The molecule has 0 unspecified atom stereocenters. The molecule has 0 spiro atoms. The molecule has 0 aliphatic rings. The summed E-state index contributed by atoms with van der Waals surface area (Å²) >= 11 is 0. The standard InChI is InChI=1S/C10H12N4O/c1-2-5-14-7-8(6-12-14)9-3-4-11-13-10(9)15/h3-4,6-7H,2,5H2,1H3,(H,13,15). The van der Waals surface area contributed by atoms with Gasteiger partial charge in [0, 0.05) is 24.5 Å². The molecule has 1 N–H and O–H groups in total. The highest BCUT2D eigenvalue weighted by Crippen LogP contribution is 2.12. The molecular weight excluding hydrogens is 192 g/mol. The Labute approximate surface area is 86.8 Å². The van der Waals surface area contributed by atoms with E-state index in [1.807, 2.05) is 10.9 Å². The molecule has 2 rings (SSSR count). The number of nitrogens with one attached hydrogen (secondary N) is 1. The largest absolute Gasteiger partial charge is 0.272 e. The van der Waals surface area contributed by atoms with Crippen LogP contribution >= 0.6 is 0 Å². The fourth-order valence-electron chi connectivity index (χ4n) is 1.42. The predicted octanol–water partition coefficient (Wildman–Crippen LogP) is 1.04. The van der Waals surface area contributed by atoms with E-state index < -0.39 is 0 Å². The van der Waals surface area contributed by atoms with Crippen LogP contribution in [0.1, 0.15) is 13.3 Å². The minimum Gasteiger partial charge on any atom is -0.272 e. The van der Waals surface area contributed by atoms with E-state index in [0.29, 0.717) is 5.56 Å². The van der Waals surface area contributed by atoms with Crippen LogP contribution in [-0.4, -0.2) is 20.0 Å². The average Bonchev–Trinajstić information content (AvgIpc) is 2.68. The molecule has 78 valence electrons. The van der Waals surface area contributed by atoms with Crippen molar-refractivity contribution in [2.75, 3.05) is 0 Å². The Bertz CT molecular complexity index is 500. The van der Waals surface area contributed by atoms with Crippen molar-refractivity contribution in [3.63, 3.8) is 0 Å². The molecule has 15 heavy (non-hydrogen) atoms. The maximum atomic E-state index is 11.4. The molecule has 0 aliphatic carbocycles. The van der Waals surface area contributed by atoms with Crippen LogP contribution in [0.2, 0.25) is 0 Å². The number of hydrogen-bond donors (Lipinski definition) is 1. The van der Waals surface area contributed by atoms with E-state index >= 15 is 0 Å². The molecule has 5 heteroatoms. The van der Waals surface area contributed by atoms with Gasteiger partial charge in [-0.1, -0.05) is 6.92 Å². The molecular formula is C10H12N4O. The van der Waals surface area contributed by atoms with Gasteiger partial charge in [0.25, 0.3) is 5.56 Å². The van der Waals surface area contributed by atoms with Crippen molar-refractivity contribution in [2.24, 2.45) is 0 Å². The molecule has 0 aliphatic heterocycles. The van der Waals surface area contributed by atoms with Gasteiger partial charge in [-0.3, -0.25) is 9.48 Å². The zero-order valence-corrected chi connectivity index (χ0v) is 8.47. The Morgan fingerprint density at radius 2 is 2.40 bits per heavy atom. The molecule has 2 heterocycles. The monoisotopic (exact) mass is 204 g/mol. The normalized spacial score (nSPS) is 10.5. The van der Waals surface area contributed by atoms with Gasteiger partial charge in [-0.15, -0.1) is 0 Å². The van der Waals surface area contributed by atoms with E-state index in [9.17, 15) is 4.79 Å². The highest BCUT2D eigenvalue weighted by molar-refractivity contribution is 5.59. The van der Waals surface area contributed by atoms with Gasteiger partial charge in [-0.2, -0.15) is 10.2 Å². The Hall–Kier alpha value is -1.91. The van der Waals surface area contributed by atoms with Crippen molar-refractivity contribution >= 4 is 0 Å². The van der Waals surface area contributed by atoms with Gasteiger partial charge in [-0.05, 0) is 12.5 Å². The van der Waals surface area contributed by atoms with Crippen molar-refractivity contribution in [3.8, 4) is 11.1 Å². The third-order valence-electron chi connectivity index (χ3n) is 2.12. The Balaban J connectivity index is 2.38. The first-order chi connectivity index (χ1) is 7.31. The van der Waals surface area contributed by atoms with Gasteiger partial charge in [0.2, 0.25) is 0 Å². The van der Waals surface area contributed by atoms with Gasteiger partial charge in [0.05, 0.1) is 11.8 Å². The third-order valence-corrected chi connectivity index (χ3v) is 2.12.